The summed E-state index contributed by atoms with van der Waals surface area (Å²) in [5.74, 6) is 1.02. The van der Waals surface area contributed by atoms with Crippen molar-refractivity contribution in [2.45, 2.75) is 32.8 Å². The number of Topliss-reactive ketones (excluding diaryl/α,β-unsaturated/α-hetero) is 1. The maximum atomic E-state index is 12.4. The van der Waals surface area contributed by atoms with Gasteiger partial charge in [-0.25, -0.2) is 0 Å². The number of carbonyl (C=O) groups is 1. The number of carbonyl (C=O) groups excluding carboxylic acids is 1. The van der Waals surface area contributed by atoms with E-state index in [0.717, 1.165) is 16.9 Å². The van der Waals surface area contributed by atoms with Crippen LogP contribution < -0.4 is 4.74 Å². The van der Waals surface area contributed by atoms with Gasteiger partial charge in [0.05, 0.1) is 0 Å². The predicted molar refractivity (Wildman–Crippen MR) is 79.2 cm³/mol. The third-order valence-corrected chi connectivity index (χ3v) is 3.88. The molecule has 1 unspecified atom stereocenters. The molecule has 2 heteroatoms. The topological polar surface area (TPSA) is 26.3 Å². The number of aryl methyl sites for hydroxylation is 2. The van der Waals surface area contributed by atoms with E-state index in [1.807, 2.05) is 31.2 Å². The first-order valence-electron chi connectivity index (χ1n) is 6.97. The number of hydrogen-bond donors (Lipinski definition) is 0. The van der Waals surface area contributed by atoms with Gasteiger partial charge in [-0.05, 0) is 36.6 Å². The van der Waals surface area contributed by atoms with Crippen LogP contribution in [0.3, 0.4) is 0 Å². The van der Waals surface area contributed by atoms with E-state index in [-0.39, 0.29) is 11.9 Å². The summed E-state index contributed by atoms with van der Waals surface area (Å²) >= 11 is 0. The van der Waals surface area contributed by atoms with Crippen LogP contribution >= 0.6 is 0 Å². The molecule has 0 aromatic heterocycles. The second-order valence-corrected chi connectivity index (χ2v) is 5.49. The molecule has 0 amide bonds. The molecule has 0 bridgehead atoms. The molecule has 0 spiro atoms. The Balaban J connectivity index is 1.74. The number of para-hydroxylation sites is 1. The Morgan fingerprint density at radius 2 is 2.00 bits per heavy atom. The SMILES string of the molecule is Cc1ccc(C)c(CC(=O)C2Cc3ccccc3O2)c1. The van der Waals surface area contributed by atoms with Crippen molar-refractivity contribution in [2.75, 3.05) is 0 Å². The van der Waals surface area contributed by atoms with Crippen LogP contribution in [0.4, 0.5) is 0 Å². The number of rotatable bonds is 3. The Bertz CT molecular complexity index is 633. The average molecular weight is 266 g/mol. The van der Waals surface area contributed by atoms with Crippen molar-refractivity contribution in [1.29, 1.82) is 0 Å². The van der Waals surface area contributed by atoms with Gasteiger partial charge in [-0.2, -0.15) is 0 Å². The van der Waals surface area contributed by atoms with Gasteiger partial charge in [-0.3, -0.25) is 4.79 Å². The van der Waals surface area contributed by atoms with Gasteiger partial charge < -0.3 is 4.74 Å². The van der Waals surface area contributed by atoms with Gasteiger partial charge in [-0.15, -0.1) is 0 Å². The summed E-state index contributed by atoms with van der Waals surface area (Å²) in [6, 6.07) is 14.1. The maximum absolute atomic E-state index is 12.4. The molecule has 1 atom stereocenters. The fourth-order valence-electron chi connectivity index (χ4n) is 2.65. The number of benzene rings is 2. The van der Waals surface area contributed by atoms with Crippen molar-refractivity contribution in [2.24, 2.45) is 0 Å². The Hall–Kier alpha value is -2.09. The molecule has 0 radical (unpaired) electrons. The molecule has 2 aromatic carbocycles. The molecule has 2 nitrogen and oxygen atoms in total. The second kappa shape index (κ2) is 5.12. The van der Waals surface area contributed by atoms with Gasteiger partial charge >= 0.3 is 0 Å². The monoisotopic (exact) mass is 266 g/mol. The van der Waals surface area contributed by atoms with Gasteiger partial charge in [0.15, 0.2) is 11.9 Å². The molecular formula is C18H18O2. The van der Waals surface area contributed by atoms with Crippen LogP contribution in [0.5, 0.6) is 5.75 Å². The molecular weight excluding hydrogens is 248 g/mol. The van der Waals surface area contributed by atoms with Gasteiger partial charge in [0, 0.05) is 12.8 Å². The molecule has 0 saturated heterocycles. The van der Waals surface area contributed by atoms with Crippen LogP contribution in [0.1, 0.15) is 22.3 Å². The summed E-state index contributed by atoms with van der Waals surface area (Å²) in [5, 5.41) is 0. The molecule has 1 aliphatic rings. The number of ketones is 1. The van der Waals surface area contributed by atoms with E-state index in [1.165, 1.54) is 11.1 Å². The highest BCUT2D eigenvalue weighted by atomic mass is 16.5. The summed E-state index contributed by atoms with van der Waals surface area (Å²) in [6.45, 7) is 4.10. The fourth-order valence-corrected chi connectivity index (χ4v) is 2.65. The highest BCUT2D eigenvalue weighted by Gasteiger charge is 2.28. The van der Waals surface area contributed by atoms with Gasteiger partial charge in [0.1, 0.15) is 5.75 Å². The lowest BCUT2D eigenvalue weighted by atomic mass is 9.97. The molecule has 1 aliphatic heterocycles. The Kier molecular flexibility index (Phi) is 3.31. The van der Waals surface area contributed by atoms with E-state index in [2.05, 4.69) is 25.1 Å². The Morgan fingerprint density at radius 3 is 2.80 bits per heavy atom. The summed E-state index contributed by atoms with van der Waals surface area (Å²) in [7, 11) is 0. The van der Waals surface area contributed by atoms with Crippen LogP contribution in [0.25, 0.3) is 0 Å². The fraction of sp³-hybridized carbons (Fsp3) is 0.278. The van der Waals surface area contributed by atoms with E-state index in [4.69, 9.17) is 4.74 Å². The lowest BCUT2D eigenvalue weighted by molar-refractivity contribution is -0.124. The largest absolute Gasteiger partial charge is 0.482 e. The summed E-state index contributed by atoms with van der Waals surface area (Å²) in [4.78, 5) is 12.4. The summed E-state index contributed by atoms with van der Waals surface area (Å²) in [5.41, 5.74) is 4.59. The minimum absolute atomic E-state index is 0.162. The maximum Gasteiger partial charge on any atom is 0.177 e. The predicted octanol–water partition coefficient (Wildman–Crippen LogP) is 3.42. The first kappa shape index (κ1) is 12.9. The van der Waals surface area contributed by atoms with E-state index in [9.17, 15) is 4.79 Å². The highest BCUT2D eigenvalue weighted by Crippen LogP contribution is 2.29. The van der Waals surface area contributed by atoms with E-state index >= 15 is 0 Å². The quantitative estimate of drug-likeness (QED) is 0.851. The molecule has 0 aliphatic carbocycles. The number of hydrogen-bond acceptors (Lipinski definition) is 2. The van der Waals surface area contributed by atoms with E-state index in [0.29, 0.717) is 12.8 Å². The smallest absolute Gasteiger partial charge is 0.177 e. The van der Waals surface area contributed by atoms with Crippen LogP contribution in [-0.4, -0.2) is 11.9 Å². The molecule has 1 heterocycles. The third-order valence-electron chi connectivity index (χ3n) is 3.88. The second-order valence-electron chi connectivity index (χ2n) is 5.49. The lowest BCUT2D eigenvalue weighted by Gasteiger charge is -2.11. The van der Waals surface area contributed by atoms with Crippen LogP contribution in [0.2, 0.25) is 0 Å². The van der Waals surface area contributed by atoms with Crippen molar-refractivity contribution in [3.05, 3.63) is 64.7 Å². The van der Waals surface area contributed by atoms with Crippen molar-refractivity contribution in [3.8, 4) is 5.75 Å². The van der Waals surface area contributed by atoms with Crippen molar-refractivity contribution < 1.29 is 9.53 Å². The van der Waals surface area contributed by atoms with Gasteiger partial charge in [-0.1, -0.05) is 42.0 Å². The first-order valence-corrected chi connectivity index (χ1v) is 6.97. The Labute approximate surface area is 119 Å². The molecule has 3 rings (SSSR count). The van der Waals surface area contributed by atoms with Crippen LogP contribution in [0, 0.1) is 13.8 Å². The molecule has 102 valence electrons. The van der Waals surface area contributed by atoms with E-state index < -0.39 is 0 Å². The zero-order valence-electron chi connectivity index (χ0n) is 11.8. The normalized spacial score (nSPS) is 16.6. The number of ether oxygens (including phenoxy) is 1. The van der Waals surface area contributed by atoms with Crippen LogP contribution in [-0.2, 0) is 17.6 Å². The zero-order valence-corrected chi connectivity index (χ0v) is 11.8. The molecule has 20 heavy (non-hydrogen) atoms. The Morgan fingerprint density at radius 1 is 1.20 bits per heavy atom. The van der Waals surface area contributed by atoms with Crippen molar-refractivity contribution >= 4 is 5.78 Å². The van der Waals surface area contributed by atoms with Crippen LogP contribution in [0.15, 0.2) is 42.5 Å². The van der Waals surface area contributed by atoms with E-state index in [1.54, 1.807) is 0 Å². The molecule has 2 aromatic rings. The third kappa shape index (κ3) is 2.46. The first-order chi connectivity index (χ1) is 9.63. The molecule has 0 N–H and O–H groups in total. The number of fused-ring (bicyclic) bond motifs is 1. The van der Waals surface area contributed by atoms with Crippen molar-refractivity contribution in [3.63, 3.8) is 0 Å². The van der Waals surface area contributed by atoms with Crippen molar-refractivity contribution in [1.82, 2.24) is 0 Å². The molecule has 0 fully saturated rings. The lowest BCUT2D eigenvalue weighted by Crippen LogP contribution is -2.27. The minimum atomic E-state index is -0.327. The standard InChI is InChI=1S/C18H18O2/c1-12-7-8-13(2)15(9-12)10-16(19)18-11-14-5-3-4-6-17(14)20-18/h3-9,18H,10-11H2,1-2H3. The van der Waals surface area contributed by atoms with Gasteiger partial charge in [0.25, 0.3) is 0 Å². The van der Waals surface area contributed by atoms with Gasteiger partial charge in [0.2, 0.25) is 0 Å². The average Bonchev–Trinajstić information content (AvgIpc) is 2.87. The zero-order chi connectivity index (χ0) is 14.1. The minimum Gasteiger partial charge on any atom is -0.482 e. The molecule has 0 saturated carbocycles. The summed E-state index contributed by atoms with van der Waals surface area (Å²) < 4.78 is 5.76. The highest BCUT2D eigenvalue weighted by molar-refractivity contribution is 5.87. The summed E-state index contributed by atoms with van der Waals surface area (Å²) in [6.07, 6.45) is 0.818.